The van der Waals surface area contributed by atoms with E-state index >= 15 is 0 Å². The molecule has 0 heterocycles. The minimum absolute atomic E-state index is 0.197. The van der Waals surface area contributed by atoms with Crippen LogP contribution in [0.25, 0.3) is 11.1 Å². The van der Waals surface area contributed by atoms with Gasteiger partial charge in [0.05, 0.1) is 0 Å². The largest absolute Gasteiger partial charge is 0.523 e. The van der Waals surface area contributed by atoms with Gasteiger partial charge in [0.15, 0.2) is 12.8 Å². The summed E-state index contributed by atoms with van der Waals surface area (Å²) in [5.74, 6) is 1.21. The summed E-state index contributed by atoms with van der Waals surface area (Å²) < 4.78 is 50.4. The van der Waals surface area contributed by atoms with Crippen LogP contribution in [0.15, 0.2) is 168 Å². The first-order chi connectivity index (χ1) is 32.5. The fourth-order valence-electron chi connectivity index (χ4n) is 7.60. The molecule has 6 rings (SSSR count). The monoisotopic (exact) mass is 960 g/mol. The third-order valence-electron chi connectivity index (χ3n) is 10.1. The van der Waals surface area contributed by atoms with Crippen molar-refractivity contribution in [1.82, 2.24) is 0 Å². The second kappa shape index (κ2) is 26.6. The quantitative estimate of drug-likeness (QED) is 0.0219. The molecule has 0 N–H and O–H groups in total. The van der Waals surface area contributed by atoms with Crippen molar-refractivity contribution in [3.05, 3.63) is 158 Å². The third-order valence-corrected chi connectivity index (χ3v) is 20.5. The third kappa shape index (κ3) is 13.3. The van der Waals surface area contributed by atoms with Crippen LogP contribution in [0.4, 0.5) is 0 Å². The van der Waals surface area contributed by atoms with Gasteiger partial charge in [-0.05, 0) is 101 Å². The summed E-state index contributed by atoms with van der Waals surface area (Å²) in [4.78, 5) is 9.58. The van der Waals surface area contributed by atoms with Crippen LogP contribution in [0, 0.1) is 0 Å². The van der Waals surface area contributed by atoms with Gasteiger partial charge in [-0.1, -0.05) is 146 Å². The zero-order chi connectivity index (χ0) is 46.5. The van der Waals surface area contributed by atoms with Crippen molar-refractivity contribution in [2.75, 3.05) is 52.0 Å². The minimum atomic E-state index is -3.12. The molecule has 0 unspecified atom stereocenters. The molecular weight excluding hydrogens is 899 g/mol. The van der Waals surface area contributed by atoms with E-state index in [0.717, 1.165) is 21.7 Å². The molecule has 0 amide bonds. The molecule has 0 aliphatic rings. The first kappa shape index (κ1) is 50.7. The molecule has 66 heavy (non-hydrogen) atoms. The van der Waals surface area contributed by atoms with Crippen LogP contribution < -0.4 is 41.3 Å². The number of benzene rings is 6. The van der Waals surface area contributed by atoms with Crippen molar-refractivity contribution in [1.29, 1.82) is 0 Å². The minimum Gasteiger partial charge on any atom is -0.445 e. The number of ether oxygens (including phenoxy) is 2. The molecule has 0 aliphatic heterocycles. The zero-order valence-corrected chi connectivity index (χ0v) is 42.7. The van der Waals surface area contributed by atoms with Gasteiger partial charge >= 0.3 is 17.6 Å². The van der Waals surface area contributed by atoms with E-state index in [1.54, 1.807) is 0 Å². The Morgan fingerprint density at radius 1 is 0.364 bits per heavy atom. The summed E-state index contributed by atoms with van der Waals surface area (Å²) in [5, 5.41) is 6.90. The molecule has 6 aromatic carbocycles. The Kier molecular flexibility index (Phi) is 20.4. The number of hydrogen-bond donors (Lipinski definition) is 0. The van der Waals surface area contributed by atoms with Crippen LogP contribution in [-0.2, 0) is 26.6 Å². The van der Waals surface area contributed by atoms with E-state index in [1.165, 1.54) is 34.0 Å². The number of rotatable bonds is 27. The molecule has 14 heteroatoms. The average Bonchev–Trinajstić information content (AvgIpc) is 3.34. The van der Waals surface area contributed by atoms with Gasteiger partial charge in [0, 0.05) is 50.8 Å². The van der Waals surface area contributed by atoms with Crippen LogP contribution in [0.2, 0.25) is 0 Å². The summed E-state index contributed by atoms with van der Waals surface area (Å²) in [6.07, 6.45) is 3.39. The maximum atomic E-state index is 6.78. The summed E-state index contributed by atoms with van der Waals surface area (Å²) in [7, 11) is -8.55. The molecule has 0 saturated heterocycles. The number of nitrogens with zero attached hydrogens (tertiary/aromatic N) is 2. The lowest BCUT2D eigenvalue weighted by atomic mass is 10.0. The van der Waals surface area contributed by atoms with Gasteiger partial charge in [0.1, 0.15) is 23.8 Å². The van der Waals surface area contributed by atoms with Crippen LogP contribution in [0.5, 0.6) is 11.5 Å². The van der Waals surface area contributed by atoms with Gasteiger partial charge in [-0.2, -0.15) is 0 Å². The van der Waals surface area contributed by atoms with Crippen molar-refractivity contribution in [2.45, 2.75) is 41.5 Å². The molecular formula is C52H62N2O8P2Si2. The summed E-state index contributed by atoms with van der Waals surface area (Å²) in [6, 6.07) is 55.3. The maximum Gasteiger partial charge on any atom is 0.523 e. The Balaban J connectivity index is 1.63. The maximum absolute atomic E-state index is 6.78. The van der Waals surface area contributed by atoms with Gasteiger partial charge in [-0.25, -0.2) is 0 Å². The molecule has 10 nitrogen and oxygen atoms in total. The van der Waals surface area contributed by atoms with E-state index in [9.17, 15) is 0 Å². The van der Waals surface area contributed by atoms with Gasteiger partial charge < -0.3 is 36.0 Å². The fourth-order valence-corrected chi connectivity index (χ4v) is 16.8. The van der Waals surface area contributed by atoms with E-state index in [1.807, 2.05) is 53.7 Å². The summed E-state index contributed by atoms with van der Waals surface area (Å²) >= 11 is 0. The van der Waals surface area contributed by atoms with E-state index in [-0.39, 0.29) is 12.3 Å². The molecule has 0 atom stereocenters. The predicted octanol–water partition coefficient (Wildman–Crippen LogP) is 8.86. The van der Waals surface area contributed by atoms with Crippen molar-refractivity contribution >= 4 is 78.1 Å². The van der Waals surface area contributed by atoms with Gasteiger partial charge in [0.2, 0.25) is 0 Å². The Labute approximate surface area is 396 Å². The Morgan fingerprint density at radius 2 is 0.636 bits per heavy atom. The van der Waals surface area contributed by atoms with E-state index in [2.05, 4.69) is 146 Å². The van der Waals surface area contributed by atoms with Crippen molar-refractivity contribution in [3.8, 4) is 22.6 Å². The smallest absolute Gasteiger partial charge is 0.445 e. The standard InChI is InChI=1S/C52H62N2O8P2Si2/c1-7-57-65(58-8-2,59-9-3)41-53-39-55-47-35-25-37-49(63(43-27-17-13-18-28-43)44-29-19-14-20-30-44)51(47)52-48(56-40-54-42-66(60-10-4,61-11-5)62-12-6)36-26-38-50(52)64(45-31-21-15-22-32-45)46-33-23-16-24-34-46/h13-40H,7-12,41-42H2,1-6H3/b53-39-,54-40+. The molecule has 0 saturated carbocycles. The average molecular weight is 961 g/mol. The van der Waals surface area contributed by atoms with E-state index in [4.69, 9.17) is 46.0 Å². The second-order valence-electron chi connectivity index (χ2n) is 14.4. The normalized spacial score (nSPS) is 12.2. The lowest BCUT2D eigenvalue weighted by molar-refractivity contribution is 0.0721. The van der Waals surface area contributed by atoms with Crippen LogP contribution >= 0.6 is 15.8 Å². The topological polar surface area (TPSA) is 98.6 Å². The number of aliphatic imine (C=N–C) groups is 2. The highest BCUT2D eigenvalue weighted by Gasteiger charge is 2.41. The first-order valence-corrected chi connectivity index (χ1v) is 29.2. The summed E-state index contributed by atoms with van der Waals surface area (Å²) in [6.45, 7) is 14.3. The lowest BCUT2D eigenvalue weighted by Crippen LogP contribution is -2.49. The van der Waals surface area contributed by atoms with Crippen molar-refractivity contribution in [2.24, 2.45) is 9.98 Å². The first-order valence-electron chi connectivity index (χ1n) is 22.7. The highest BCUT2D eigenvalue weighted by atomic mass is 31.1. The lowest BCUT2D eigenvalue weighted by Gasteiger charge is -2.28. The molecule has 346 valence electrons. The molecule has 0 aliphatic carbocycles. The number of hydrogen-bond acceptors (Lipinski definition) is 10. The highest BCUT2D eigenvalue weighted by molar-refractivity contribution is 7.80. The van der Waals surface area contributed by atoms with Crippen LogP contribution in [0.3, 0.4) is 0 Å². The summed E-state index contributed by atoms with van der Waals surface area (Å²) in [5.41, 5.74) is 1.76. The SMILES string of the molecule is CCO[Si](C/N=C\Oc1cccc(P(c2ccccc2)c2ccccc2)c1-c1c(O/C=N/C[Si](OCC)(OCC)OCC)cccc1P(c1ccccc1)c1ccccc1)(OCC)OCC. The van der Waals surface area contributed by atoms with Crippen LogP contribution in [0.1, 0.15) is 41.5 Å². The van der Waals surface area contributed by atoms with Gasteiger partial charge in [0.25, 0.3) is 0 Å². The molecule has 6 aromatic rings. The predicted molar refractivity (Wildman–Crippen MR) is 279 cm³/mol. The molecule has 0 fully saturated rings. The van der Waals surface area contributed by atoms with Crippen LogP contribution in [-0.4, -0.2) is 82.4 Å². The Hall–Kier alpha value is -4.69. The Morgan fingerprint density at radius 3 is 0.894 bits per heavy atom. The Bertz CT molecular complexity index is 2120. The van der Waals surface area contributed by atoms with Gasteiger partial charge in [-0.15, -0.1) is 0 Å². The van der Waals surface area contributed by atoms with Gasteiger partial charge in [-0.3, -0.25) is 9.98 Å². The molecule has 0 spiro atoms. The molecule has 0 bridgehead atoms. The fraction of sp³-hybridized carbons (Fsp3) is 0.269. The second-order valence-corrected chi connectivity index (χ2v) is 23.9. The zero-order valence-electron chi connectivity index (χ0n) is 38.9. The molecule has 0 aromatic heterocycles. The van der Waals surface area contributed by atoms with Crippen molar-refractivity contribution in [3.63, 3.8) is 0 Å². The molecule has 0 radical (unpaired) electrons. The van der Waals surface area contributed by atoms with Crippen molar-refractivity contribution < 1.29 is 36.0 Å². The van der Waals surface area contributed by atoms with E-state index < -0.39 is 33.5 Å². The highest BCUT2D eigenvalue weighted by Crippen LogP contribution is 2.47. The van der Waals surface area contributed by atoms with E-state index in [0.29, 0.717) is 51.1 Å².